The molecule has 5 rings (SSSR count). The van der Waals surface area contributed by atoms with Crippen molar-refractivity contribution in [3.8, 4) is 5.75 Å². The predicted octanol–water partition coefficient (Wildman–Crippen LogP) is 2.90. The molecule has 2 aromatic rings. The number of carbonyl (C=O) groups is 1. The Kier molecular flexibility index (Phi) is 5.83. The lowest BCUT2D eigenvalue weighted by Gasteiger charge is -2.21. The number of aromatic carboxylic acids is 1. The van der Waals surface area contributed by atoms with Crippen LogP contribution in [0, 0.1) is 11.7 Å². The Morgan fingerprint density at radius 2 is 2.12 bits per heavy atom. The predicted molar refractivity (Wildman–Crippen MR) is 123 cm³/mol. The number of nitrogens with zero attached hydrogens (tertiary/aromatic N) is 1. The van der Waals surface area contributed by atoms with Crippen molar-refractivity contribution in [2.24, 2.45) is 5.92 Å². The quantitative estimate of drug-likeness (QED) is 0.549. The Balaban J connectivity index is 1.44. The molecule has 2 aromatic carbocycles. The van der Waals surface area contributed by atoms with E-state index < -0.39 is 21.8 Å². The molecule has 180 valence electrons. The fourth-order valence-corrected chi connectivity index (χ4v) is 6.00. The van der Waals surface area contributed by atoms with Gasteiger partial charge in [0.15, 0.2) is 0 Å². The number of hydrogen-bond donors (Lipinski definition) is 3. The first-order chi connectivity index (χ1) is 16.2. The maximum atomic E-state index is 14.0. The van der Waals surface area contributed by atoms with Crippen LogP contribution in [-0.4, -0.2) is 61.8 Å². The van der Waals surface area contributed by atoms with E-state index in [1.807, 2.05) is 4.90 Å². The maximum Gasteiger partial charge on any atom is 0.341 e. The van der Waals surface area contributed by atoms with Crippen molar-refractivity contribution >= 4 is 27.8 Å². The minimum absolute atomic E-state index is 0.101. The molecule has 0 radical (unpaired) electrons. The van der Waals surface area contributed by atoms with E-state index in [1.54, 1.807) is 12.1 Å². The molecule has 8 nitrogen and oxygen atoms in total. The number of nitrogens with one attached hydrogen (secondary N) is 1. The SMILES string of the molecule is O=C(O)c1c(NS(=O)(=O)c2ccc(F)cc2C=CCN2CCC(O)C2)ccc2c1OCC1CC21. The Morgan fingerprint density at radius 3 is 2.85 bits per heavy atom. The zero-order valence-electron chi connectivity index (χ0n) is 18.3. The number of ether oxygens (including phenoxy) is 1. The van der Waals surface area contributed by atoms with Crippen molar-refractivity contribution in [2.45, 2.75) is 29.8 Å². The summed E-state index contributed by atoms with van der Waals surface area (Å²) >= 11 is 0. The zero-order valence-corrected chi connectivity index (χ0v) is 19.1. The summed E-state index contributed by atoms with van der Waals surface area (Å²) < 4.78 is 48.5. The summed E-state index contributed by atoms with van der Waals surface area (Å²) in [6, 6.07) is 6.47. The second-order valence-corrected chi connectivity index (χ2v) is 10.7. The summed E-state index contributed by atoms with van der Waals surface area (Å²) in [5.74, 6) is -1.05. The lowest BCUT2D eigenvalue weighted by atomic mass is 10.0. The van der Waals surface area contributed by atoms with Gasteiger partial charge in [-0.2, -0.15) is 0 Å². The molecule has 34 heavy (non-hydrogen) atoms. The topological polar surface area (TPSA) is 116 Å². The van der Waals surface area contributed by atoms with Crippen molar-refractivity contribution in [3.05, 3.63) is 58.9 Å². The third-order valence-electron chi connectivity index (χ3n) is 6.58. The number of β-amino-alcohol motifs (C(OH)–C–C–N with tert-alkyl or cyclic N) is 1. The number of halogens is 1. The summed E-state index contributed by atoms with van der Waals surface area (Å²) in [5, 5.41) is 19.5. The summed E-state index contributed by atoms with van der Waals surface area (Å²) in [5.41, 5.74) is 0.599. The van der Waals surface area contributed by atoms with Crippen LogP contribution in [0.3, 0.4) is 0 Å². The number of benzene rings is 2. The van der Waals surface area contributed by atoms with Gasteiger partial charge in [0.1, 0.15) is 17.1 Å². The lowest BCUT2D eigenvalue weighted by molar-refractivity contribution is 0.0692. The molecule has 0 aromatic heterocycles. The molecule has 2 fully saturated rings. The monoisotopic (exact) mass is 488 g/mol. The van der Waals surface area contributed by atoms with Crippen LogP contribution in [0.5, 0.6) is 5.75 Å². The number of fused-ring (bicyclic) bond motifs is 3. The highest BCUT2D eigenvalue weighted by Gasteiger charge is 2.45. The second kappa shape index (κ2) is 8.68. The van der Waals surface area contributed by atoms with Gasteiger partial charge in [0, 0.05) is 25.6 Å². The van der Waals surface area contributed by atoms with E-state index in [9.17, 15) is 27.8 Å². The normalized spacial score (nSPS) is 23.9. The van der Waals surface area contributed by atoms with Gasteiger partial charge in [0.05, 0.1) is 23.3 Å². The number of anilines is 1. The van der Waals surface area contributed by atoms with E-state index in [0.29, 0.717) is 32.0 Å². The average molecular weight is 489 g/mol. The molecule has 10 heteroatoms. The number of rotatable bonds is 7. The minimum atomic E-state index is -4.25. The average Bonchev–Trinajstić information content (AvgIpc) is 3.46. The number of carboxylic acids is 1. The molecular weight excluding hydrogens is 463 g/mol. The van der Waals surface area contributed by atoms with Crippen molar-refractivity contribution in [1.82, 2.24) is 4.90 Å². The fraction of sp³-hybridized carbons (Fsp3) is 0.375. The number of aliphatic hydroxyl groups excluding tert-OH is 1. The summed E-state index contributed by atoms with van der Waals surface area (Å²) in [7, 11) is -4.25. The van der Waals surface area contributed by atoms with E-state index in [2.05, 4.69) is 4.72 Å². The molecule has 0 bridgehead atoms. The molecule has 1 aliphatic carbocycles. The molecule has 2 heterocycles. The van der Waals surface area contributed by atoms with Gasteiger partial charge in [-0.05, 0) is 54.2 Å². The molecule has 0 amide bonds. The van der Waals surface area contributed by atoms with Crippen molar-refractivity contribution in [1.29, 1.82) is 0 Å². The molecule has 1 saturated carbocycles. The van der Waals surface area contributed by atoms with Gasteiger partial charge >= 0.3 is 5.97 Å². The number of carboxylic acid groups (broad SMARTS) is 1. The van der Waals surface area contributed by atoms with Crippen molar-refractivity contribution in [2.75, 3.05) is 31.0 Å². The van der Waals surface area contributed by atoms with Gasteiger partial charge in [-0.3, -0.25) is 9.62 Å². The van der Waals surface area contributed by atoms with Crippen LogP contribution < -0.4 is 9.46 Å². The standard InChI is InChI=1S/C24H25FN2O6S/c25-16-3-6-21(14(10-16)2-1-8-27-9-7-17(28)12-27)34(31,32)26-20-5-4-18-19-11-15(19)13-33-23(18)22(20)24(29)30/h1-6,10,15,17,19,26,28H,7-9,11-13H2,(H,29,30). The Labute approximate surface area is 196 Å². The molecule has 3 N–H and O–H groups in total. The molecule has 1 saturated heterocycles. The van der Waals surface area contributed by atoms with Gasteiger partial charge in [0.2, 0.25) is 0 Å². The Bertz CT molecular complexity index is 1280. The highest BCUT2D eigenvalue weighted by atomic mass is 32.2. The van der Waals surface area contributed by atoms with E-state index >= 15 is 0 Å². The fourth-order valence-electron chi connectivity index (χ4n) is 4.75. The number of hydrogen-bond acceptors (Lipinski definition) is 6. The van der Waals surface area contributed by atoms with E-state index in [4.69, 9.17) is 4.74 Å². The van der Waals surface area contributed by atoms with E-state index in [0.717, 1.165) is 36.7 Å². The highest BCUT2D eigenvalue weighted by Crippen LogP contribution is 2.55. The van der Waals surface area contributed by atoms with Crippen molar-refractivity contribution in [3.63, 3.8) is 0 Å². The summed E-state index contributed by atoms with van der Waals surface area (Å²) in [6.07, 6.45) is 4.46. The van der Waals surface area contributed by atoms with Crippen LogP contribution in [0.4, 0.5) is 10.1 Å². The van der Waals surface area contributed by atoms with Crippen LogP contribution in [-0.2, 0) is 10.0 Å². The lowest BCUT2D eigenvalue weighted by Crippen LogP contribution is -2.22. The zero-order chi connectivity index (χ0) is 24.0. The molecule has 0 spiro atoms. The van der Waals surface area contributed by atoms with Crippen LogP contribution in [0.1, 0.15) is 40.2 Å². The minimum Gasteiger partial charge on any atom is -0.492 e. The smallest absolute Gasteiger partial charge is 0.341 e. The third kappa shape index (κ3) is 4.40. The molecule has 2 aliphatic heterocycles. The van der Waals surface area contributed by atoms with Crippen LogP contribution in [0.25, 0.3) is 6.08 Å². The Hall–Kier alpha value is -2.95. The summed E-state index contributed by atoms with van der Waals surface area (Å²) in [4.78, 5) is 13.9. The molecule has 3 aliphatic rings. The maximum absolute atomic E-state index is 14.0. The van der Waals surface area contributed by atoms with E-state index in [1.165, 1.54) is 12.1 Å². The first kappa shape index (κ1) is 22.8. The van der Waals surface area contributed by atoms with E-state index in [-0.39, 0.29) is 39.5 Å². The van der Waals surface area contributed by atoms with Crippen LogP contribution >= 0.6 is 0 Å². The summed E-state index contributed by atoms with van der Waals surface area (Å²) in [6.45, 7) is 2.14. The third-order valence-corrected chi connectivity index (χ3v) is 8.02. The second-order valence-electron chi connectivity index (χ2n) is 9.02. The van der Waals surface area contributed by atoms with Gasteiger partial charge in [-0.15, -0.1) is 0 Å². The highest BCUT2D eigenvalue weighted by molar-refractivity contribution is 7.92. The number of sulfonamides is 1. The molecule has 3 atom stereocenters. The van der Waals surface area contributed by atoms with Crippen LogP contribution in [0.2, 0.25) is 0 Å². The molecule has 3 unspecified atom stereocenters. The Morgan fingerprint density at radius 1 is 1.29 bits per heavy atom. The van der Waals surface area contributed by atoms with Crippen LogP contribution in [0.15, 0.2) is 41.3 Å². The van der Waals surface area contributed by atoms with Crippen molar-refractivity contribution < 1.29 is 32.6 Å². The van der Waals surface area contributed by atoms with Gasteiger partial charge < -0.3 is 14.9 Å². The van der Waals surface area contributed by atoms with Gasteiger partial charge in [-0.1, -0.05) is 18.2 Å². The van der Waals surface area contributed by atoms with Gasteiger partial charge in [-0.25, -0.2) is 17.6 Å². The first-order valence-corrected chi connectivity index (χ1v) is 12.6. The van der Waals surface area contributed by atoms with Gasteiger partial charge in [0.25, 0.3) is 10.0 Å². The number of aliphatic hydroxyl groups is 1. The largest absolute Gasteiger partial charge is 0.492 e. The molecular formula is C24H25FN2O6S. The number of likely N-dealkylation sites (tertiary alicyclic amines) is 1. The first-order valence-electron chi connectivity index (χ1n) is 11.2.